The molecule has 8 heteroatoms. The summed E-state index contributed by atoms with van der Waals surface area (Å²) in [5.41, 5.74) is 4.87. The van der Waals surface area contributed by atoms with Gasteiger partial charge in [-0.15, -0.1) is 0 Å². The number of aromatic nitrogens is 1. The smallest absolute Gasteiger partial charge is 0.242 e. The molecule has 2 aliphatic rings. The first-order chi connectivity index (χ1) is 14.9. The van der Waals surface area contributed by atoms with Gasteiger partial charge in [0.25, 0.3) is 0 Å². The molecule has 0 saturated carbocycles. The molecule has 1 aromatic carbocycles. The van der Waals surface area contributed by atoms with Gasteiger partial charge in [0.2, 0.25) is 11.8 Å². The normalized spacial score (nSPS) is 19.7. The number of carbonyl (C=O) groups excluding carboxylic acids is 2. The van der Waals surface area contributed by atoms with Crippen molar-refractivity contribution in [2.24, 2.45) is 0 Å². The van der Waals surface area contributed by atoms with Crippen molar-refractivity contribution < 1.29 is 9.59 Å². The number of hydrogen-bond acceptors (Lipinski definition) is 5. The zero-order valence-corrected chi connectivity index (χ0v) is 19.2. The molecule has 2 heterocycles. The van der Waals surface area contributed by atoms with E-state index in [0.717, 1.165) is 36.6 Å². The molecule has 31 heavy (non-hydrogen) atoms. The van der Waals surface area contributed by atoms with Crippen LogP contribution in [0.25, 0.3) is 0 Å². The van der Waals surface area contributed by atoms with Crippen LogP contribution in [0.2, 0.25) is 5.02 Å². The summed E-state index contributed by atoms with van der Waals surface area (Å²) >= 11 is 10.4. The van der Waals surface area contributed by atoms with Gasteiger partial charge in [0, 0.05) is 37.4 Å². The fourth-order valence-electron chi connectivity index (χ4n) is 4.40. The Kier molecular flexibility index (Phi) is 6.84. The van der Waals surface area contributed by atoms with Crippen molar-refractivity contribution >= 4 is 36.0 Å². The zero-order chi connectivity index (χ0) is 22.0. The van der Waals surface area contributed by atoms with Gasteiger partial charge in [0.15, 0.2) is 0 Å². The molecule has 0 radical (unpaired) electrons. The number of carbonyl (C=O) groups is 2. The Morgan fingerprint density at radius 1 is 1.19 bits per heavy atom. The highest BCUT2D eigenvalue weighted by atomic mass is 35.5. The summed E-state index contributed by atoms with van der Waals surface area (Å²) in [6.07, 6.45) is 3.74. The maximum absolute atomic E-state index is 12.5. The van der Waals surface area contributed by atoms with Gasteiger partial charge >= 0.3 is 0 Å². The van der Waals surface area contributed by atoms with E-state index in [1.165, 1.54) is 16.7 Å². The lowest BCUT2D eigenvalue weighted by Crippen LogP contribution is -2.52. The van der Waals surface area contributed by atoms with E-state index in [-0.39, 0.29) is 24.4 Å². The Bertz CT molecular complexity index is 976. The molecule has 0 bridgehead atoms. The predicted molar refractivity (Wildman–Crippen MR) is 125 cm³/mol. The number of aryl methyl sites for hydroxylation is 2. The van der Waals surface area contributed by atoms with Gasteiger partial charge in [0.1, 0.15) is 0 Å². The second kappa shape index (κ2) is 9.59. The minimum Gasteiger partial charge on any atom is -0.346 e. The lowest BCUT2D eigenvalue weighted by Gasteiger charge is -2.39. The Labute approximate surface area is 193 Å². The van der Waals surface area contributed by atoms with Crippen LogP contribution in [0.15, 0.2) is 36.5 Å². The number of hydrogen-bond donors (Lipinski definition) is 2. The number of fused-ring (bicyclic) bond motifs is 2. The average Bonchev–Trinajstić information content (AvgIpc) is 2.94. The Morgan fingerprint density at radius 2 is 1.94 bits per heavy atom. The van der Waals surface area contributed by atoms with Crippen LogP contribution in [0.5, 0.6) is 0 Å². The molecule has 6 nitrogen and oxygen atoms in total. The molecule has 1 N–H and O–H groups in total. The van der Waals surface area contributed by atoms with E-state index in [1.54, 1.807) is 6.92 Å². The molecule has 2 aromatic rings. The standard InChI is InChI=1S/C23H27ClN4O2S/c1-15(31)23(30)26-14-20(29)27-9-11-28(12-10-27)22-19-7-6-18(24)13-17(19)5-4-16-3-2-8-25-21(16)22/h2-3,6-8,13,15,22,31H,4-5,9-12,14H2,1H3,(H,26,30). The van der Waals surface area contributed by atoms with Gasteiger partial charge in [0.05, 0.1) is 23.5 Å². The quantitative estimate of drug-likeness (QED) is 0.691. The third kappa shape index (κ3) is 4.89. The number of nitrogens with one attached hydrogen (secondary N) is 1. The van der Waals surface area contributed by atoms with Crippen molar-refractivity contribution in [3.63, 3.8) is 0 Å². The minimum absolute atomic E-state index is 0.0128. The van der Waals surface area contributed by atoms with Gasteiger partial charge in [-0.2, -0.15) is 12.6 Å². The van der Waals surface area contributed by atoms with Crippen LogP contribution in [0, 0.1) is 0 Å². The number of piperazine rings is 1. The fourth-order valence-corrected chi connectivity index (χ4v) is 4.69. The van der Waals surface area contributed by atoms with Crippen LogP contribution < -0.4 is 5.32 Å². The van der Waals surface area contributed by atoms with E-state index >= 15 is 0 Å². The number of halogens is 1. The molecule has 1 aromatic heterocycles. The van der Waals surface area contributed by atoms with Gasteiger partial charge in [-0.25, -0.2) is 0 Å². The molecular formula is C23H27ClN4O2S. The van der Waals surface area contributed by atoms with E-state index in [4.69, 9.17) is 16.6 Å². The first kappa shape index (κ1) is 22.1. The van der Waals surface area contributed by atoms with Crippen LogP contribution in [-0.2, 0) is 22.4 Å². The largest absolute Gasteiger partial charge is 0.346 e. The highest BCUT2D eigenvalue weighted by Crippen LogP contribution is 2.37. The highest BCUT2D eigenvalue weighted by Gasteiger charge is 2.33. The molecule has 164 valence electrons. The first-order valence-corrected chi connectivity index (χ1v) is 11.5. The summed E-state index contributed by atoms with van der Waals surface area (Å²) in [5.74, 6) is -0.291. The second-order valence-electron chi connectivity index (χ2n) is 8.10. The van der Waals surface area contributed by atoms with Gasteiger partial charge in [-0.3, -0.25) is 19.5 Å². The van der Waals surface area contributed by atoms with Gasteiger partial charge in [-0.1, -0.05) is 23.7 Å². The van der Waals surface area contributed by atoms with Crippen molar-refractivity contribution in [1.29, 1.82) is 0 Å². The lowest BCUT2D eigenvalue weighted by molar-refractivity contribution is -0.134. The summed E-state index contributed by atoms with van der Waals surface area (Å²) in [5, 5.41) is 2.98. The van der Waals surface area contributed by atoms with Crippen molar-refractivity contribution in [2.75, 3.05) is 32.7 Å². The molecule has 4 rings (SSSR count). The Hall–Kier alpha value is -2.09. The van der Waals surface area contributed by atoms with E-state index < -0.39 is 5.25 Å². The Morgan fingerprint density at radius 3 is 2.68 bits per heavy atom. The second-order valence-corrected chi connectivity index (χ2v) is 9.32. The molecule has 2 unspecified atom stereocenters. The van der Waals surface area contributed by atoms with Crippen LogP contribution in [0.3, 0.4) is 0 Å². The van der Waals surface area contributed by atoms with E-state index in [2.05, 4.69) is 41.0 Å². The Balaban J connectivity index is 1.51. The summed E-state index contributed by atoms with van der Waals surface area (Å²) in [6, 6.07) is 10.3. The van der Waals surface area contributed by atoms with E-state index in [0.29, 0.717) is 13.1 Å². The topological polar surface area (TPSA) is 65.5 Å². The minimum atomic E-state index is -0.430. The summed E-state index contributed by atoms with van der Waals surface area (Å²) in [4.78, 5) is 33.2. The molecular weight excluding hydrogens is 432 g/mol. The molecule has 1 fully saturated rings. The maximum Gasteiger partial charge on any atom is 0.242 e. The number of nitrogens with zero attached hydrogens (tertiary/aromatic N) is 3. The summed E-state index contributed by atoms with van der Waals surface area (Å²) in [7, 11) is 0. The lowest BCUT2D eigenvalue weighted by atomic mass is 9.96. The first-order valence-electron chi connectivity index (χ1n) is 10.6. The maximum atomic E-state index is 12.5. The third-order valence-corrected chi connectivity index (χ3v) is 6.54. The zero-order valence-electron chi connectivity index (χ0n) is 17.6. The van der Waals surface area contributed by atoms with Gasteiger partial charge < -0.3 is 10.2 Å². The van der Waals surface area contributed by atoms with Crippen LogP contribution in [0.4, 0.5) is 0 Å². The van der Waals surface area contributed by atoms with E-state index in [1.807, 2.05) is 23.2 Å². The number of pyridine rings is 1. The molecule has 1 saturated heterocycles. The van der Waals surface area contributed by atoms with Crippen LogP contribution in [0.1, 0.15) is 35.3 Å². The van der Waals surface area contributed by atoms with Crippen molar-refractivity contribution in [1.82, 2.24) is 20.1 Å². The van der Waals surface area contributed by atoms with Gasteiger partial charge in [-0.05, 0) is 54.7 Å². The van der Waals surface area contributed by atoms with Crippen LogP contribution >= 0.6 is 24.2 Å². The van der Waals surface area contributed by atoms with E-state index in [9.17, 15) is 9.59 Å². The number of thiol groups is 1. The monoisotopic (exact) mass is 458 g/mol. The summed E-state index contributed by atoms with van der Waals surface area (Å²) < 4.78 is 0. The van der Waals surface area contributed by atoms with Crippen molar-refractivity contribution in [3.8, 4) is 0 Å². The van der Waals surface area contributed by atoms with Crippen molar-refractivity contribution in [3.05, 3.63) is 63.9 Å². The third-order valence-electron chi connectivity index (χ3n) is 6.07. The predicted octanol–water partition coefficient (Wildman–Crippen LogP) is 2.50. The number of amides is 2. The fraction of sp³-hybridized carbons (Fsp3) is 0.435. The number of rotatable bonds is 4. The number of benzene rings is 1. The molecule has 2 atom stereocenters. The SMILES string of the molecule is CC(S)C(=O)NCC(=O)N1CCN(C2c3ccc(Cl)cc3CCc3cccnc32)CC1. The molecule has 1 aliphatic heterocycles. The van der Waals surface area contributed by atoms with Crippen LogP contribution in [-0.4, -0.2) is 64.6 Å². The summed E-state index contributed by atoms with van der Waals surface area (Å²) in [6.45, 7) is 4.42. The molecule has 1 aliphatic carbocycles. The molecule has 0 spiro atoms. The molecule has 2 amide bonds. The highest BCUT2D eigenvalue weighted by molar-refractivity contribution is 7.81. The van der Waals surface area contributed by atoms with Crippen molar-refractivity contribution in [2.45, 2.75) is 31.1 Å². The average molecular weight is 459 g/mol.